The second-order valence-corrected chi connectivity index (χ2v) is 7.45. The SMILES string of the molecule is Cc1cnc(COC(=O)[C@@H](NC(=O)c2ccc3c(c2C)B(O)OC3)C(C)C)nc1. The van der Waals surface area contributed by atoms with E-state index in [1.54, 1.807) is 31.5 Å². The Morgan fingerprint density at radius 3 is 2.62 bits per heavy atom. The Bertz CT molecular complexity index is 917. The second kappa shape index (κ2) is 8.71. The van der Waals surface area contributed by atoms with Crippen molar-refractivity contribution in [3.63, 3.8) is 0 Å². The zero-order chi connectivity index (χ0) is 21.1. The molecule has 1 aromatic heterocycles. The van der Waals surface area contributed by atoms with Gasteiger partial charge in [0.2, 0.25) is 0 Å². The lowest BCUT2D eigenvalue weighted by atomic mass is 9.75. The Hall–Kier alpha value is -2.78. The molecule has 1 atom stereocenters. The van der Waals surface area contributed by atoms with E-state index in [2.05, 4.69) is 15.3 Å². The van der Waals surface area contributed by atoms with E-state index >= 15 is 0 Å². The first kappa shape index (κ1) is 20.9. The maximum Gasteiger partial charge on any atom is 0.492 e. The Morgan fingerprint density at radius 1 is 1.28 bits per heavy atom. The highest BCUT2D eigenvalue weighted by atomic mass is 16.5. The topological polar surface area (TPSA) is 111 Å². The maximum atomic E-state index is 12.8. The van der Waals surface area contributed by atoms with Crippen LogP contribution in [0.5, 0.6) is 0 Å². The van der Waals surface area contributed by atoms with Gasteiger partial charge in [0, 0.05) is 18.0 Å². The quantitative estimate of drug-likeness (QED) is 0.548. The number of carbonyl (C=O) groups is 2. The van der Waals surface area contributed by atoms with Crippen molar-refractivity contribution in [3.05, 3.63) is 52.6 Å². The molecule has 0 spiro atoms. The number of benzene rings is 1. The molecule has 0 saturated carbocycles. The molecule has 1 aliphatic rings. The van der Waals surface area contributed by atoms with Crippen molar-refractivity contribution in [2.45, 2.75) is 47.0 Å². The first-order valence-electron chi connectivity index (χ1n) is 9.45. The van der Waals surface area contributed by atoms with Gasteiger partial charge in [-0.15, -0.1) is 0 Å². The Labute approximate surface area is 169 Å². The lowest BCUT2D eigenvalue weighted by molar-refractivity contribution is -0.148. The van der Waals surface area contributed by atoms with Crippen LogP contribution >= 0.6 is 0 Å². The lowest BCUT2D eigenvalue weighted by Gasteiger charge is -2.21. The zero-order valence-electron chi connectivity index (χ0n) is 16.9. The molecule has 0 bridgehead atoms. The van der Waals surface area contributed by atoms with Crippen LogP contribution in [0, 0.1) is 19.8 Å². The van der Waals surface area contributed by atoms with Crippen LogP contribution in [-0.4, -0.2) is 40.0 Å². The van der Waals surface area contributed by atoms with Crippen LogP contribution in [0.4, 0.5) is 0 Å². The molecular weight excluding hydrogens is 373 g/mol. The van der Waals surface area contributed by atoms with Crippen molar-refractivity contribution in [2.24, 2.45) is 5.92 Å². The molecule has 2 N–H and O–H groups in total. The third-order valence-electron chi connectivity index (χ3n) is 4.88. The molecule has 0 fully saturated rings. The standard InChI is InChI=1S/C20H24BN3O5/c1-11(2)18(20(26)28-10-16-22-7-12(3)8-23-16)24-19(25)15-6-5-14-9-29-21(27)17(14)13(15)4/h5-8,11,18,27H,9-10H2,1-4H3,(H,24,25)/t18-/m0/s1. The molecule has 1 aromatic carbocycles. The van der Waals surface area contributed by atoms with E-state index in [1.807, 2.05) is 20.8 Å². The van der Waals surface area contributed by atoms with Gasteiger partial charge in [0.25, 0.3) is 5.91 Å². The summed E-state index contributed by atoms with van der Waals surface area (Å²) in [6.45, 7) is 7.50. The minimum absolute atomic E-state index is 0.0698. The number of hydrogen-bond acceptors (Lipinski definition) is 7. The van der Waals surface area contributed by atoms with Crippen molar-refractivity contribution in [1.82, 2.24) is 15.3 Å². The third-order valence-corrected chi connectivity index (χ3v) is 4.88. The largest absolute Gasteiger partial charge is 0.492 e. The number of rotatable bonds is 6. The third kappa shape index (κ3) is 4.63. The molecule has 0 saturated heterocycles. The van der Waals surface area contributed by atoms with E-state index in [-0.39, 0.29) is 12.5 Å². The molecule has 2 aromatic rings. The van der Waals surface area contributed by atoms with Crippen LogP contribution in [0.15, 0.2) is 24.5 Å². The van der Waals surface area contributed by atoms with E-state index < -0.39 is 25.0 Å². The molecule has 8 nitrogen and oxygen atoms in total. The van der Waals surface area contributed by atoms with Gasteiger partial charge in [-0.1, -0.05) is 19.9 Å². The summed E-state index contributed by atoms with van der Waals surface area (Å²) in [6, 6.07) is 2.60. The monoisotopic (exact) mass is 397 g/mol. The number of fused-ring (bicyclic) bond motifs is 1. The average Bonchev–Trinajstić information content (AvgIpc) is 3.07. The van der Waals surface area contributed by atoms with Crippen LogP contribution in [0.1, 0.15) is 46.7 Å². The lowest BCUT2D eigenvalue weighted by Crippen LogP contribution is -2.46. The molecule has 9 heteroatoms. The highest BCUT2D eigenvalue weighted by Crippen LogP contribution is 2.17. The second-order valence-electron chi connectivity index (χ2n) is 7.45. The molecule has 3 rings (SSSR count). The van der Waals surface area contributed by atoms with Gasteiger partial charge in [0.05, 0.1) is 6.61 Å². The van der Waals surface area contributed by atoms with Crippen molar-refractivity contribution in [2.75, 3.05) is 0 Å². The van der Waals surface area contributed by atoms with Gasteiger partial charge in [-0.3, -0.25) is 4.79 Å². The van der Waals surface area contributed by atoms with Gasteiger partial charge in [0.1, 0.15) is 6.04 Å². The smallest absolute Gasteiger partial charge is 0.456 e. The number of ether oxygens (including phenoxy) is 1. The van der Waals surface area contributed by atoms with Crippen LogP contribution < -0.4 is 10.8 Å². The summed E-state index contributed by atoms with van der Waals surface area (Å²) in [6.07, 6.45) is 3.29. The van der Waals surface area contributed by atoms with Gasteiger partial charge in [-0.2, -0.15) is 0 Å². The van der Waals surface area contributed by atoms with E-state index in [1.165, 1.54) is 0 Å². The fourth-order valence-corrected chi connectivity index (χ4v) is 3.19. The number of amides is 1. The van der Waals surface area contributed by atoms with Gasteiger partial charge in [-0.25, -0.2) is 14.8 Å². The van der Waals surface area contributed by atoms with Crippen LogP contribution in [0.25, 0.3) is 0 Å². The van der Waals surface area contributed by atoms with Crippen LogP contribution in [0.2, 0.25) is 0 Å². The Kier molecular flexibility index (Phi) is 6.29. The van der Waals surface area contributed by atoms with Gasteiger partial charge < -0.3 is 19.7 Å². The van der Waals surface area contributed by atoms with Gasteiger partial charge in [-0.05, 0) is 48.0 Å². The predicted molar refractivity (Wildman–Crippen MR) is 106 cm³/mol. The average molecular weight is 397 g/mol. The Morgan fingerprint density at radius 2 is 1.97 bits per heavy atom. The van der Waals surface area contributed by atoms with Crippen molar-refractivity contribution in [3.8, 4) is 0 Å². The molecule has 0 aliphatic carbocycles. The number of aryl methyl sites for hydroxylation is 1. The van der Waals surface area contributed by atoms with Crippen molar-refractivity contribution in [1.29, 1.82) is 0 Å². The molecule has 29 heavy (non-hydrogen) atoms. The summed E-state index contributed by atoms with van der Waals surface area (Å²) in [4.78, 5) is 33.6. The van der Waals surface area contributed by atoms with Gasteiger partial charge in [0.15, 0.2) is 12.4 Å². The highest BCUT2D eigenvalue weighted by molar-refractivity contribution is 6.62. The van der Waals surface area contributed by atoms with E-state index in [0.717, 1.165) is 11.1 Å². The molecule has 0 radical (unpaired) electrons. The van der Waals surface area contributed by atoms with Crippen LogP contribution in [-0.2, 0) is 27.4 Å². The number of hydrogen-bond donors (Lipinski definition) is 2. The highest BCUT2D eigenvalue weighted by Gasteiger charge is 2.32. The van der Waals surface area contributed by atoms with Crippen molar-refractivity contribution >= 4 is 24.5 Å². The van der Waals surface area contributed by atoms with Crippen LogP contribution in [0.3, 0.4) is 0 Å². The van der Waals surface area contributed by atoms with Gasteiger partial charge >= 0.3 is 13.1 Å². The molecule has 152 valence electrons. The fourth-order valence-electron chi connectivity index (χ4n) is 3.19. The van der Waals surface area contributed by atoms with E-state index in [0.29, 0.717) is 29.0 Å². The molecule has 2 heterocycles. The number of aromatic nitrogens is 2. The van der Waals surface area contributed by atoms with Crippen molar-refractivity contribution < 1.29 is 24.0 Å². The minimum Gasteiger partial charge on any atom is -0.456 e. The summed E-state index contributed by atoms with van der Waals surface area (Å²) in [5.74, 6) is -0.762. The molecule has 1 amide bonds. The maximum absolute atomic E-state index is 12.8. The Balaban J connectivity index is 1.70. The predicted octanol–water partition coefficient (Wildman–Crippen LogP) is 0.809. The summed E-state index contributed by atoms with van der Waals surface area (Å²) in [7, 11) is -1.04. The minimum atomic E-state index is -1.04. The molecule has 0 unspecified atom stereocenters. The first-order chi connectivity index (χ1) is 13.8. The fraction of sp³-hybridized carbons (Fsp3) is 0.400. The number of esters is 1. The summed E-state index contributed by atoms with van der Waals surface area (Å²) < 4.78 is 10.5. The molecular formula is C20H24BN3O5. The zero-order valence-corrected chi connectivity index (χ0v) is 16.9. The first-order valence-corrected chi connectivity index (χ1v) is 9.45. The summed E-state index contributed by atoms with van der Waals surface area (Å²) in [5, 5.41) is 12.7. The summed E-state index contributed by atoms with van der Waals surface area (Å²) >= 11 is 0. The number of carbonyl (C=O) groups excluding carboxylic acids is 2. The van der Waals surface area contributed by atoms with E-state index in [9.17, 15) is 14.6 Å². The number of nitrogens with zero attached hydrogens (tertiary/aromatic N) is 2. The summed E-state index contributed by atoms with van der Waals surface area (Å²) in [5.41, 5.74) is 3.39. The van der Waals surface area contributed by atoms with E-state index in [4.69, 9.17) is 9.39 Å². The molecule has 1 aliphatic heterocycles. The normalized spacial score (nSPS) is 13.9. The number of nitrogens with one attached hydrogen (secondary N) is 1.